The van der Waals surface area contributed by atoms with Gasteiger partial charge < -0.3 is 10.6 Å². The average Bonchev–Trinajstić information content (AvgIpc) is 2.89. The van der Waals surface area contributed by atoms with Crippen LogP contribution < -0.4 is 10.6 Å². The van der Waals surface area contributed by atoms with Gasteiger partial charge in [0.05, 0.1) is 6.04 Å². The van der Waals surface area contributed by atoms with E-state index in [4.69, 9.17) is 0 Å². The molecule has 0 bridgehead atoms. The number of carbonyl (C=O) groups is 1. The van der Waals surface area contributed by atoms with Crippen LogP contribution in [0.15, 0.2) is 18.2 Å². The Balaban J connectivity index is 1.83. The summed E-state index contributed by atoms with van der Waals surface area (Å²) in [4.78, 5) is 12.0. The summed E-state index contributed by atoms with van der Waals surface area (Å²) in [6, 6.07) is 7.01. The van der Waals surface area contributed by atoms with Crippen molar-refractivity contribution < 1.29 is 4.79 Å². The zero-order chi connectivity index (χ0) is 14.5. The van der Waals surface area contributed by atoms with E-state index in [1.807, 2.05) is 0 Å². The van der Waals surface area contributed by atoms with Gasteiger partial charge in [0.2, 0.25) is 5.91 Å². The van der Waals surface area contributed by atoms with Crippen LogP contribution in [0.5, 0.6) is 0 Å². The van der Waals surface area contributed by atoms with Crippen LogP contribution >= 0.6 is 0 Å². The number of aryl methyl sites for hydroxylation is 2. The molecular formula is C17H26N2O. The lowest BCUT2D eigenvalue weighted by molar-refractivity contribution is -0.121. The van der Waals surface area contributed by atoms with Crippen LogP contribution in [-0.2, 0) is 4.79 Å². The summed E-state index contributed by atoms with van der Waals surface area (Å²) in [7, 11) is 0. The van der Waals surface area contributed by atoms with Crippen LogP contribution in [0.3, 0.4) is 0 Å². The molecule has 0 aliphatic carbocycles. The predicted octanol–water partition coefficient (Wildman–Crippen LogP) is 3.01. The van der Waals surface area contributed by atoms with E-state index < -0.39 is 0 Å². The summed E-state index contributed by atoms with van der Waals surface area (Å²) in [5.74, 6) is 0.158. The van der Waals surface area contributed by atoms with E-state index in [-0.39, 0.29) is 11.9 Å². The molecule has 3 heteroatoms. The van der Waals surface area contributed by atoms with Crippen LogP contribution in [0, 0.1) is 13.8 Å². The summed E-state index contributed by atoms with van der Waals surface area (Å²) in [6.45, 7) is 7.36. The Labute approximate surface area is 122 Å². The Hall–Kier alpha value is -1.35. The molecule has 1 aromatic carbocycles. The Morgan fingerprint density at radius 2 is 2.25 bits per heavy atom. The zero-order valence-corrected chi connectivity index (χ0v) is 12.8. The minimum absolute atomic E-state index is 0.0830. The first kappa shape index (κ1) is 15.0. The maximum Gasteiger partial charge on any atom is 0.220 e. The van der Waals surface area contributed by atoms with Crippen LogP contribution in [0.2, 0.25) is 0 Å². The van der Waals surface area contributed by atoms with Crippen LogP contribution in [0.1, 0.15) is 55.3 Å². The van der Waals surface area contributed by atoms with E-state index >= 15 is 0 Å². The molecule has 1 heterocycles. The van der Waals surface area contributed by atoms with Crippen LogP contribution in [0.25, 0.3) is 0 Å². The molecule has 1 saturated heterocycles. The predicted molar refractivity (Wildman–Crippen MR) is 82.7 cm³/mol. The molecule has 2 unspecified atom stereocenters. The lowest BCUT2D eigenvalue weighted by Gasteiger charge is -2.18. The summed E-state index contributed by atoms with van der Waals surface area (Å²) in [5.41, 5.74) is 3.72. The van der Waals surface area contributed by atoms with Crippen molar-refractivity contribution in [3.8, 4) is 0 Å². The molecule has 2 rings (SSSR count). The van der Waals surface area contributed by atoms with E-state index in [2.05, 4.69) is 49.6 Å². The van der Waals surface area contributed by atoms with Crippen LogP contribution in [0.4, 0.5) is 0 Å². The molecule has 1 aliphatic rings. The minimum Gasteiger partial charge on any atom is -0.350 e. The van der Waals surface area contributed by atoms with Gasteiger partial charge in [0, 0.05) is 12.5 Å². The Bertz CT molecular complexity index is 464. The van der Waals surface area contributed by atoms with E-state index in [9.17, 15) is 4.79 Å². The third-order valence-electron chi connectivity index (χ3n) is 4.15. The molecule has 1 aromatic rings. The second-order valence-electron chi connectivity index (χ2n) is 5.98. The molecule has 2 atom stereocenters. The van der Waals surface area contributed by atoms with Gasteiger partial charge in [-0.3, -0.25) is 4.79 Å². The maximum atomic E-state index is 12.0. The topological polar surface area (TPSA) is 41.1 Å². The van der Waals surface area contributed by atoms with E-state index in [0.717, 1.165) is 13.0 Å². The van der Waals surface area contributed by atoms with Crippen molar-refractivity contribution in [2.45, 2.75) is 58.5 Å². The number of rotatable bonds is 5. The van der Waals surface area contributed by atoms with Gasteiger partial charge in [-0.1, -0.05) is 23.8 Å². The first-order valence-electron chi connectivity index (χ1n) is 7.66. The molecule has 0 spiro atoms. The summed E-state index contributed by atoms with van der Waals surface area (Å²) in [5, 5.41) is 6.55. The largest absolute Gasteiger partial charge is 0.350 e. The van der Waals surface area contributed by atoms with Gasteiger partial charge in [-0.15, -0.1) is 0 Å². The third kappa shape index (κ3) is 4.07. The SMILES string of the molecule is Cc1ccc(C(C)NC(=O)CCC2CCCN2)c(C)c1. The highest BCUT2D eigenvalue weighted by atomic mass is 16.1. The quantitative estimate of drug-likeness (QED) is 0.866. The Kier molecular flexibility index (Phi) is 5.18. The monoisotopic (exact) mass is 274 g/mol. The molecular weight excluding hydrogens is 248 g/mol. The molecule has 1 fully saturated rings. The maximum absolute atomic E-state index is 12.0. The highest BCUT2D eigenvalue weighted by Crippen LogP contribution is 2.19. The van der Waals surface area contributed by atoms with Gasteiger partial charge in [0.15, 0.2) is 0 Å². The number of nitrogens with one attached hydrogen (secondary N) is 2. The van der Waals surface area contributed by atoms with Crippen LogP contribution in [-0.4, -0.2) is 18.5 Å². The summed E-state index contributed by atoms with van der Waals surface area (Å²) in [6.07, 6.45) is 4.02. The molecule has 2 N–H and O–H groups in total. The number of carbonyl (C=O) groups excluding carboxylic acids is 1. The van der Waals surface area contributed by atoms with Gasteiger partial charge in [0.1, 0.15) is 0 Å². The van der Waals surface area contributed by atoms with Crippen molar-refractivity contribution in [2.24, 2.45) is 0 Å². The van der Waals surface area contributed by atoms with E-state index in [1.165, 1.54) is 29.5 Å². The van der Waals surface area contributed by atoms with Crippen molar-refractivity contribution in [3.63, 3.8) is 0 Å². The Morgan fingerprint density at radius 3 is 2.90 bits per heavy atom. The molecule has 20 heavy (non-hydrogen) atoms. The van der Waals surface area contributed by atoms with E-state index in [0.29, 0.717) is 12.5 Å². The van der Waals surface area contributed by atoms with Crippen molar-refractivity contribution >= 4 is 5.91 Å². The second kappa shape index (κ2) is 6.89. The van der Waals surface area contributed by atoms with Crippen molar-refractivity contribution in [2.75, 3.05) is 6.54 Å². The van der Waals surface area contributed by atoms with Gasteiger partial charge in [0.25, 0.3) is 0 Å². The number of hydrogen-bond acceptors (Lipinski definition) is 2. The molecule has 0 radical (unpaired) electrons. The number of hydrogen-bond donors (Lipinski definition) is 2. The highest BCUT2D eigenvalue weighted by Gasteiger charge is 2.16. The van der Waals surface area contributed by atoms with Gasteiger partial charge in [-0.2, -0.15) is 0 Å². The smallest absolute Gasteiger partial charge is 0.220 e. The lowest BCUT2D eigenvalue weighted by Crippen LogP contribution is -2.29. The molecule has 3 nitrogen and oxygen atoms in total. The minimum atomic E-state index is 0.0830. The summed E-state index contributed by atoms with van der Waals surface area (Å²) >= 11 is 0. The number of amides is 1. The fourth-order valence-corrected chi connectivity index (χ4v) is 3.01. The molecule has 0 saturated carbocycles. The lowest BCUT2D eigenvalue weighted by atomic mass is 10.00. The third-order valence-corrected chi connectivity index (χ3v) is 4.15. The first-order chi connectivity index (χ1) is 9.56. The van der Waals surface area contributed by atoms with Gasteiger partial charge in [-0.25, -0.2) is 0 Å². The van der Waals surface area contributed by atoms with E-state index in [1.54, 1.807) is 0 Å². The van der Waals surface area contributed by atoms with Gasteiger partial charge >= 0.3 is 0 Å². The molecule has 110 valence electrons. The Morgan fingerprint density at radius 1 is 1.45 bits per heavy atom. The fraction of sp³-hybridized carbons (Fsp3) is 0.588. The molecule has 0 aromatic heterocycles. The summed E-state index contributed by atoms with van der Waals surface area (Å²) < 4.78 is 0. The second-order valence-corrected chi connectivity index (χ2v) is 5.98. The van der Waals surface area contributed by atoms with Gasteiger partial charge in [-0.05, 0) is 57.7 Å². The zero-order valence-electron chi connectivity index (χ0n) is 12.8. The fourth-order valence-electron chi connectivity index (χ4n) is 3.01. The molecule has 1 aliphatic heterocycles. The van der Waals surface area contributed by atoms with Crippen molar-refractivity contribution in [3.05, 3.63) is 34.9 Å². The highest BCUT2D eigenvalue weighted by molar-refractivity contribution is 5.76. The first-order valence-corrected chi connectivity index (χ1v) is 7.66. The average molecular weight is 274 g/mol. The molecule has 1 amide bonds. The normalized spacial score (nSPS) is 19.9. The van der Waals surface area contributed by atoms with Crippen molar-refractivity contribution in [1.29, 1.82) is 0 Å². The number of benzene rings is 1. The standard InChI is InChI=1S/C17H26N2O/c1-12-6-8-16(13(2)11-12)14(3)19-17(20)9-7-15-5-4-10-18-15/h6,8,11,14-15,18H,4-5,7,9-10H2,1-3H3,(H,19,20). The van der Waals surface area contributed by atoms with Crippen molar-refractivity contribution in [1.82, 2.24) is 10.6 Å².